The Morgan fingerprint density at radius 2 is 1.70 bits per heavy atom. The highest BCUT2D eigenvalue weighted by Gasteiger charge is 2.04. The molecule has 0 spiro atoms. The molecule has 2 rings (SSSR count). The maximum absolute atomic E-state index is 6.01. The lowest BCUT2D eigenvalue weighted by molar-refractivity contribution is 0.306. The Labute approximate surface area is 120 Å². The van der Waals surface area contributed by atoms with Gasteiger partial charge in [-0.1, -0.05) is 42.5 Å². The Morgan fingerprint density at radius 3 is 2.45 bits per heavy atom. The molecule has 4 N–H and O–H groups in total. The van der Waals surface area contributed by atoms with Crippen LogP contribution >= 0.6 is 0 Å². The molecule has 0 aromatic heterocycles. The van der Waals surface area contributed by atoms with Gasteiger partial charge in [-0.05, 0) is 42.6 Å². The van der Waals surface area contributed by atoms with Gasteiger partial charge in [-0.3, -0.25) is 0 Å². The molecule has 0 saturated carbocycles. The molecule has 106 valence electrons. The largest absolute Gasteiger partial charge is 0.489 e. The minimum absolute atomic E-state index is 0.115. The molecular weight excluding hydrogens is 248 g/mol. The number of nitrogens with two attached hydrogens (primary N) is 2. The molecule has 1 unspecified atom stereocenters. The van der Waals surface area contributed by atoms with Gasteiger partial charge in [0.05, 0.1) is 0 Å². The van der Waals surface area contributed by atoms with Crippen LogP contribution in [0, 0.1) is 0 Å². The maximum Gasteiger partial charge on any atom is 0.120 e. The first kappa shape index (κ1) is 14.6. The monoisotopic (exact) mass is 270 g/mol. The van der Waals surface area contributed by atoms with Gasteiger partial charge in [0, 0.05) is 6.04 Å². The van der Waals surface area contributed by atoms with Crippen LogP contribution in [0.25, 0.3) is 0 Å². The van der Waals surface area contributed by atoms with E-state index in [2.05, 4.69) is 24.3 Å². The molecule has 0 heterocycles. The van der Waals surface area contributed by atoms with Gasteiger partial charge in [0.25, 0.3) is 0 Å². The molecule has 0 aliphatic heterocycles. The van der Waals surface area contributed by atoms with E-state index in [0.717, 1.165) is 24.2 Å². The molecule has 2 aromatic carbocycles. The lowest BCUT2D eigenvalue weighted by Gasteiger charge is -2.12. The van der Waals surface area contributed by atoms with E-state index in [1.807, 2.05) is 30.3 Å². The summed E-state index contributed by atoms with van der Waals surface area (Å²) in [6.07, 6.45) is 1.68. The normalized spacial score (nSPS) is 12.1. The predicted molar refractivity (Wildman–Crippen MR) is 82.6 cm³/mol. The molecule has 0 radical (unpaired) electrons. The third-order valence-electron chi connectivity index (χ3n) is 3.18. The van der Waals surface area contributed by atoms with Crippen LogP contribution in [0.1, 0.15) is 17.5 Å². The van der Waals surface area contributed by atoms with Gasteiger partial charge in [-0.2, -0.15) is 0 Å². The summed E-state index contributed by atoms with van der Waals surface area (Å²) in [7, 11) is 0. The van der Waals surface area contributed by atoms with E-state index >= 15 is 0 Å². The number of rotatable bonds is 7. The lowest BCUT2D eigenvalue weighted by atomic mass is 10.0. The van der Waals surface area contributed by atoms with Crippen molar-refractivity contribution in [3.8, 4) is 5.75 Å². The summed E-state index contributed by atoms with van der Waals surface area (Å²) in [4.78, 5) is 0. The van der Waals surface area contributed by atoms with Gasteiger partial charge in [0.1, 0.15) is 12.4 Å². The van der Waals surface area contributed by atoms with E-state index in [9.17, 15) is 0 Å². The smallest absolute Gasteiger partial charge is 0.120 e. The van der Waals surface area contributed by atoms with Crippen molar-refractivity contribution >= 4 is 0 Å². The lowest BCUT2D eigenvalue weighted by Crippen LogP contribution is -2.25. The quantitative estimate of drug-likeness (QED) is 0.812. The first-order valence-electron chi connectivity index (χ1n) is 6.99. The van der Waals surface area contributed by atoms with E-state index in [-0.39, 0.29) is 6.04 Å². The Kier molecular flexibility index (Phi) is 5.59. The average Bonchev–Trinajstić information content (AvgIpc) is 2.47. The van der Waals surface area contributed by atoms with E-state index < -0.39 is 0 Å². The van der Waals surface area contributed by atoms with E-state index in [1.54, 1.807) is 0 Å². The molecule has 3 heteroatoms. The topological polar surface area (TPSA) is 61.3 Å². The van der Waals surface area contributed by atoms with Crippen molar-refractivity contribution in [2.24, 2.45) is 11.5 Å². The van der Waals surface area contributed by atoms with Crippen LogP contribution in [-0.2, 0) is 13.0 Å². The van der Waals surface area contributed by atoms with Crippen LogP contribution in [0.5, 0.6) is 5.75 Å². The molecule has 0 fully saturated rings. The van der Waals surface area contributed by atoms with Crippen LogP contribution in [-0.4, -0.2) is 12.6 Å². The fourth-order valence-corrected chi connectivity index (χ4v) is 2.12. The Bertz CT molecular complexity index is 513. The highest BCUT2D eigenvalue weighted by atomic mass is 16.5. The molecule has 0 saturated heterocycles. The zero-order valence-corrected chi connectivity index (χ0v) is 11.7. The molecule has 0 aliphatic rings. The van der Waals surface area contributed by atoms with Crippen molar-refractivity contribution in [2.75, 3.05) is 6.54 Å². The molecule has 0 aliphatic carbocycles. The number of ether oxygens (including phenoxy) is 1. The summed E-state index contributed by atoms with van der Waals surface area (Å²) in [6, 6.07) is 18.4. The molecule has 3 nitrogen and oxygen atoms in total. The minimum Gasteiger partial charge on any atom is -0.489 e. The van der Waals surface area contributed by atoms with Crippen molar-refractivity contribution in [3.05, 3.63) is 65.7 Å². The van der Waals surface area contributed by atoms with E-state index in [0.29, 0.717) is 13.2 Å². The van der Waals surface area contributed by atoms with Crippen LogP contribution in [0.4, 0.5) is 0 Å². The summed E-state index contributed by atoms with van der Waals surface area (Å²) < 4.78 is 5.81. The van der Waals surface area contributed by atoms with Crippen LogP contribution in [0.3, 0.4) is 0 Å². The molecule has 0 bridgehead atoms. The summed E-state index contributed by atoms with van der Waals surface area (Å²) in [6.45, 7) is 1.21. The molecular formula is C17H22N2O. The second kappa shape index (κ2) is 7.68. The van der Waals surface area contributed by atoms with E-state index in [1.165, 1.54) is 5.56 Å². The van der Waals surface area contributed by atoms with Gasteiger partial charge in [0.2, 0.25) is 0 Å². The fourth-order valence-electron chi connectivity index (χ4n) is 2.12. The van der Waals surface area contributed by atoms with Crippen LogP contribution in [0.2, 0.25) is 0 Å². The van der Waals surface area contributed by atoms with Crippen molar-refractivity contribution in [1.82, 2.24) is 0 Å². The van der Waals surface area contributed by atoms with Gasteiger partial charge < -0.3 is 16.2 Å². The van der Waals surface area contributed by atoms with Crippen molar-refractivity contribution in [1.29, 1.82) is 0 Å². The van der Waals surface area contributed by atoms with Gasteiger partial charge >= 0.3 is 0 Å². The van der Waals surface area contributed by atoms with Crippen LogP contribution < -0.4 is 16.2 Å². The second-order valence-electron chi connectivity index (χ2n) is 4.96. The highest BCUT2D eigenvalue weighted by Crippen LogP contribution is 2.16. The summed E-state index contributed by atoms with van der Waals surface area (Å²) >= 11 is 0. The Hall–Kier alpha value is -1.84. The zero-order chi connectivity index (χ0) is 14.2. The third-order valence-corrected chi connectivity index (χ3v) is 3.18. The maximum atomic E-state index is 6.01. The van der Waals surface area contributed by atoms with Gasteiger partial charge in [-0.15, -0.1) is 0 Å². The Balaban J connectivity index is 1.92. The molecule has 0 amide bonds. The molecule has 2 aromatic rings. The SMILES string of the molecule is NCCC(N)Cc1cccc(OCc2ccccc2)c1. The summed E-state index contributed by atoms with van der Waals surface area (Å²) in [5, 5.41) is 0. The first-order valence-corrected chi connectivity index (χ1v) is 6.99. The molecule has 20 heavy (non-hydrogen) atoms. The van der Waals surface area contributed by atoms with Gasteiger partial charge in [-0.25, -0.2) is 0 Å². The third kappa shape index (κ3) is 4.68. The Morgan fingerprint density at radius 1 is 0.950 bits per heavy atom. The van der Waals surface area contributed by atoms with Crippen molar-refractivity contribution in [3.63, 3.8) is 0 Å². The van der Waals surface area contributed by atoms with Gasteiger partial charge in [0.15, 0.2) is 0 Å². The van der Waals surface area contributed by atoms with E-state index in [4.69, 9.17) is 16.2 Å². The fraction of sp³-hybridized carbons (Fsp3) is 0.294. The number of benzene rings is 2. The summed E-state index contributed by atoms with van der Waals surface area (Å²) in [5.41, 5.74) is 13.9. The first-order chi connectivity index (χ1) is 9.78. The number of hydrogen-bond acceptors (Lipinski definition) is 3. The second-order valence-corrected chi connectivity index (χ2v) is 4.96. The summed E-state index contributed by atoms with van der Waals surface area (Å²) in [5.74, 6) is 0.881. The zero-order valence-electron chi connectivity index (χ0n) is 11.7. The predicted octanol–water partition coefficient (Wildman–Crippen LogP) is 2.48. The number of hydrogen-bond donors (Lipinski definition) is 2. The minimum atomic E-state index is 0.115. The van der Waals surface area contributed by atoms with Crippen molar-refractivity contribution < 1.29 is 4.74 Å². The standard InChI is InChI=1S/C17H22N2O/c18-10-9-16(19)11-15-7-4-8-17(12-15)20-13-14-5-2-1-3-6-14/h1-8,12,16H,9-11,13,18-19H2. The highest BCUT2D eigenvalue weighted by molar-refractivity contribution is 5.29. The van der Waals surface area contributed by atoms with Crippen molar-refractivity contribution in [2.45, 2.75) is 25.5 Å². The van der Waals surface area contributed by atoms with Crippen LogP contribution in [0.15, 0.2) is 54.6 Å². The average molecular weight is 270 g/mol. The molecule has 1 atom stereocenters.